The molecule has 1 heterocycles. The van der Waals surface area contributed by atoms with Crippen molar-refractivity contribution in [2.24, 2.45) is 5.73 Å². The number of hydrogen-bond donors (Lipinski definition) is 1. The fourth-order valence-electron chi connectivity index (χ4n) is 2.42. The third-order valence-electron chi connectivity index (χ3n) is 3.58. The maximum Gasteiger partial charge on any atom is 0.243 e. The number of sulfonamides is 1. The molecule has 0 amide bonds. The molecule has 5 nitrogen and oxygen atoms in total. The molecule has 0 radical (unpaired) electrons. The Morgan fingerprint density at radius 2 is 1.90 bits per heavy atom. The normalized spacial score (nSPS) is 17.8. The summed E-state index contributed by atoms with van der Waals surface area (Å²) < 4.78 is 32.2. The van der Waals surface area contributed by atoms with Gasteiger partial charge in [0.05, 0.1) is 11.0 Å². The van der Waals surface area contributed by atoms with E-state index in [0.29, 0.717) is 25.3 Å². The van der Waals surface area contributed by atoms with Gasteiger partial charge >= 0.3 is 0 Å². The van der Waals surface area contributed by atoms with Crippen molar-refractivity contribution in [1.82, 2.24) is 4.31 Å². The molecule has 0 saturated carbocycles. The Balaban J connectivity index is 2.10. The average molecular weight is 328 g/mol. The predicted molar refractivity (Wildman–Crippen MR) is 85.7 cm³/mol. The molecule has 0 aromatic heterocycles. The third-order valence-corrected chi connectivity index (χ3v) is 5.73. The van der Waals surface area contributed by atoms with Gasteiger partial charge in [0.2, 0.25) is 10.0 Å². The van der Waals surface area contributed by atoms with Crippen molar-refractivity contribution in [3.05, 3.63) is 29.8 Å². The number of rotatable bonds is 5. The van der Waals surface area contributed by atoms with E-state index < -0.39 is 10.0 Å². The van der Waals surface area contributed by atoms with Crippen LogP contribution in [0.25, 0.3) is 0 Å². The Bertz CT molecular complexity index is 591. The highest BCUT2D eigenvalue weighted by Gasteiger charge is 2.29. The fraction of sp³-hybridized carbons (Fsp3) is 0.500. The number of piperidine rings is 1. The van der Waals surface area contributed by atoms with Crippen molar-refractivity contribution in [1.29, 1.82) is 0 Å². The van der Waals surface area contributed by atoms with Crippen molar-refractivity contribution < 1.29 is 13.2 Å². The molecule has 116 valence electrons. The summed E-state index contributed by atoms with van der Waals surface area (Å²) in [5.74, 6) is 0. The largest absolute Gasteiger partial charge is 0.389 e. The Labute approximate surface area is 131 Å². The van der Waals surface area contributed by atoms with E-state index >= 15 is 0 Å². The quantitative estimate of drug-likeness (QED) is 0.830. The summed E-state index contributed by atoms with van der Waals surface area (Å²) in [5.41, 5.74) is 6.18. The van der Waals surface area contributed by atoms with Crippen LogP contribution < -0.4 is 5.73 Å². The van der Waals surface area contributed by atoms with E-state index in [2.05, 4.69) is 0 Å². The molecule has 0 bridgehead atoms. The van der Waals surface area contributed by atoms with Crippen molar-refractivity contribution in [3.8, 4) is 0 Å². The minimum absolute atomic E-state index is 0.165. The molecule has 1 fully saturated rings. The number of nitrogens with zero attached hydrogens (tertiary/aromatic N) is 1. The van der Waals surface area contributed by atoms with Gasteiger partial charge in [-0.25, -0.2) is 8.42 Å². The highest BCUT2D eigenvalue weighted by molar-refractivity contribution is 7.89. The lowest BCUT2D eigenvalue weighted by Gasteiger charge is -2.31. The lowest BCUT2D eigenvalue weighted by atomic mass is 10.1. The van der Waals surface area contributed by atoms with Crippen LogP contribution in [-0.2, 0) is 14.8 Å². The Morgan fingerprint density at radius 1 is 1.33 bits per heavy atom. The van der Waals surface area contributed by atoms with Gasteiger partial charge in [-0.1, -0.05) is 24.4 Å². The summed E-state index contributed by atoms with van der Waals surface area (Å²) in [5, 5.41) is 0. The number of thiocarbonyl (C=S) groups is 1. The Hall–Kier alpha value is -1.02. The molecule has 2 rings (SSSR count). The smallest absolute Gasteiger partial charge is 0.243 e. The summed E-state index contributed by atoms with van der Waals surface area (Å²) in [6.07, 6.45) is 1.63. The monoisotopic (exact) mass is 328 g/mol. The highest BCUT2D eigenvalue weighted by Crippen LogP contribution is 2.22. The second-order valence-corrected chi connectivity index (χ2v) is 7.33. The van der Waals surface area contributed by atoms with Crippen LogP contribution in [0.4, 0.5) is 0 Å². The maximum absolute atomic E-state index is 12.6. The molecule has 1 aromatic rings. The number of hydrogen-bond acceptors (Lipinski definition) is 4. The summed E-state index contributed by atoms with van der Waals surface area (Å²) in [4.78, 5) is 0.536. The maximum atomic E-state index is 12.6. The molecule has 0 atom stereocenters. The average Bonchev–Trinajstić information content (AvgIpc) is 2.48. The first-order valence-corrected chi connectivity index (χ1v) is 8.81. The van der Waals surface area contributed by atoms with Crippen LogP contribution in [0.2, 0.25) is 0 Å². The van der Waals surface area contributed by atoms with Gasteiger partial charge in [-0.05, 0) is 31.9 Å². The van der Waals surface area contributed by atoms with E-state index in [1.165, 1.54) is 4.31 Å². The highest BCUT2D eigenvalue weighted by atomic mass is 32.2. The van der Waals surface area contributed by atoms with Crippen LogP contribution in [0.15, 0.2) is 29.2 Å². The lowest BCUT2D eigenvalue weighted by Crippen LogP contribution is -2.40. The molecular formula is C14H20N2O3S2. The van der Waals surface area contributed by atoms with Crippen LogP contribution >= 0.6 is 12.2 Å². The number of benzene rings is 1. The zero-order valence-corrected chi connectivity index (χ0v) is 13.6. The second-order valence-electron chi connectivity index (χ2n) is 4.95. The SMILES string of the molecule is CCOC1CCN(S(=O)(=O)c2ccc(C(N)=S)cc2)CC1. The van der Waals surface area contributed by atoms with E-state index in [4.69, 9.17) is 22.7 Å². The third kappa shape index (κ3) is 3.79. The summed E-state index contributed by atoms with van der Waals surface area (Å²) in [7, 11) is -3.45. The fourth-order valence-corrected chi connectivity index (χ4v) is 4.02. The molecule has 1 aromatic carbocycles. The summed E-state index contributed by atoms with van der Waals surface area (Å²) in [6, 6.07) is 6.39. The van der Waals surface area contributed by atoms with Gasteiger partial charge in [-0.3, -0.25) is 0 Å². The van der Waals surface area contributed by atoms with E-state index in [0.717, 1.165) is 12.8 Å². The van der Waals surface area contributed by atoms with Gasteiger partial charge in [0.1, 0.15) is 4.99 Å². The van der Waals surface area contributed by atoms with Crippen LogP contribution in [0.3, 0.4) is 0 Å². The topological polar surface area (TPSA) is 72.6 Å². The minimum atomic E-state index is -3.45. The van der Waals surface area contributed by atoms with Gasteiger partial charge < -0.3 is 10.5 Å². The zero-order chi connectivity index (χ0) is 15.5. The first kappa shape index (κ1) is 16.4. The molecule has 7 heteroatoms. The molecule has 1 aliphatic heterocycles. The lowest BCUT2D eigenvalue weighted by molar-refractivity contribution is 0.0290. The molecule has 21 heavy (non-hydrogen) atoms. The Kier molecular flexibility index (Phi) is 5.32. The molecule has 0 aliphatic carbocycles. The van der Waals surface area contributed by atoms with Crippen LogP contribution in [0, 0.1) is 0 Å². The predicted octanol–water partition coefficient (Wildman–Crippen LogP) is 1.51. The van der Waals surface area contributed by atoms with Gasteiger partial charge in [0, 0.05) is 25.3 Å². The van der Waals surface area contributed by atoms with Gasteiger partial charge in [-0.15, -0.1) is 0 Å². The summed E-state index contributed by atoms with van der Waals surface area (Å²) >= 11 is 4.87. The minimum Gasteiger partial charge on any atom is -0.389 e. The molecule has 0 unspecified atom stereocenters. The van der Waals surface area contributed by atoms with Gasteiger partial charge in [-0.2, -0.15) is 4.31 Å². The van der Waals surface area contributed by atoms with Crippen molar-refractivity contribution in [2.45, 2.75) is 30.8 Å². The second kappa shape index (κ2) is 6.83. The van der Waals surface area contributed by atoms with E-state index in [1.807, 2.05) is 6.92 Å². The Morgan fingerprint density at radius 3 is 2.38 bits per heavy atom. The van der Waals surface area contributed by atoms with Crippen molar-refractivity contribution in [3.63, 3.8) is 0 Å². The molecular weight excluding hydrogens is 308 g/mol. The van der Waals surface area contributed by atoms with E-state index in [1.54, 1.807) is 24.3 Å². The van der Waals surface area contributed by atoms with Crippen molar-refractivity contribution >= 4 is 27.2 Å². The molecule has 0 spiro atoms. The molecule has 1 aliphatic rings. The first-order valence-electron chi connectivity index (χ1n) is 6.96. The van der Waals surface area contributed by atoms with Crippen LogP contribution in [-0.4, -0.2) is 43.5 Å². The van der Waals surface area contributed by atoms with E-state index in [-0.39, 0.29) is 16.0 Å². The standard InChI is InChI=1S/C14H20N2O3S2/c1-2-19-12-7-9-16(10-8-12)21(17,18)13-5-3-11(4-6-13)14(15)20/h3-6,12H,2,7-10H2,1H3,(H2,15,20). The molecule has 2 N–H and O–H groups in total. The molecule has 1 saturated heterocycles. The van der Waals surface area contributed by atoms with E-state index in [9.17, 15) is 8.42 Å². The van der Waals surface area contributed by atoms with Gasteiger partial charge in [0.25, 0.3) is 0 Å². The van der Waals surface area contributed by atoms with Crippen LogP contribution in [0.1, 0.15) is 25.3 Å². The number of nitrogens with two attached hydrogens (primary N) is 1. The zero-order valence-electron chi connectivity index (χ0n) is 12.0. The number of ether oxygens (including phenoxy) is 1. The van der Waals surface area contributed by atoms with Crippen LogP contribution in [0.5, 0.6) is 0 Å². The summed E-state index contributed by atoms with van der Waals surface area (Å²) in [6.45, 7) is 3.60. The van der Waals surface area contributed by atoms with Crippen molar-refractivity contribution in [2.75, 3.05) is 19.7 Å². The van der Waals surface area contributed by atoms with Gasteiger partial charge in [0.15, 0.2) is 0 Å². The first-order chi connectivity index (χ1) is 9.95.